The van der Waals surface area contributed by atoms with E-state index in [1.54, 1.807) is 12.1 Å². The van der Waals surface area contributed by atoms with Crippen LogP contribution in [0, 0.1) is 28.4 Å². The summed E-state index contributed by atoms with van der Waals surface area (Å²) < 4.78 is 5.61. The highest BCUT2D eigenvalue weighted by atomic mass is 16.6. The number of aryl methyl sites for hydroxylation is 1. The van der Waals surface area contributed by atoms with Crippen LogP contribution in [-0.4, -0.2) is 4.92 Å². The van der Waals surface area contributed by atoms with E-state index in [9.17, 15) is 10.1 Å². The number of nitro groups is 1. The Kier molecular flexibility index (Phi) is 4.16. The molecule has 0 aliphatic heterocycles. The molecule has 0 spiro atoms. The zero-order valence-electron chi connectivity index (χ0n) is 11.4. The highest BCUT2D eigenvalue weighted by Crippen LogP contribution is 2.33. The largest absolute Gasteiger partial charge is 0.450 e. The monoisotopic (exact) mass is 283 g/mol. The van der Waals surface area contributed by atoms with Gasteiger partial charge in [-0.15, -0.1) is 0 Å². The molecule has 0 bridgehead atoms. The number of nitriles is 1. The molecule has 0 aromatic heterocycles. The molecule has 0 atom stereocenters. The van der Waals surface area contributed by atoms with Crippen molar-refractivity contribution >= 4 is 5.69 Å². The molecule has 0 radical (unpaired) electrons. The molecule has 106 valence electrons. The summed E-state index contributed by atoms with van der Waals surface area (Å²) in [7, 11) is 0. The molecule has 0 saturated carbocycles. The van der Waals surface area contributed by atoms with Crippen molar-refractivity contribution in [1.82, 2.24) is 0 Å². The maximum absolute atomic E-state index is 11.1. The molecule has 2 rings (SSSR count). The second-order valence-corrected chi connectivity index (χ2v) is 4.46. The average molecular weight is 283 g/mol. The Hall–Kier alpha value is -2.91. The van der Waals surface area contributed by atoms with E-state index in [1.165, 1.54) is 18.2 Å². The molecule has 0 fully saturated rings. The van der Waals surface area contributed by atoms with E-state index in [0.717, 1.165) is 11.1 Å². The van der Waals surface area contributed by atoms with E-state index in [0.29, 0.717) is 12.3 Å². The van der Waals surface area contributed by atoms with Gasteiger partial charge in [0.1, 0.15) is 5.75 Å². The van der Waals surface area contributed by atoms with Crippen LogP contribution < -0.4 is 10.5 Å². The lowest BCUT2D eigenvalue weighted by Crippen LogP contribution is -1.98. The van der Waals surface area contributed by atoms with Crippen molar-refractivity contribution in [2.24, 2.45) is 5.73 Å². The fourth-order valence-corrected chi connectivity index (χ4v) is 1.89. The molecule has 0 saturated heterocycles. The summed E-state index contributed by atoms with van der Waals surface area (Å²) in [4.78, 5) is 10.5. The fraction of sp³-hybridized carbons (Fsp3) is 0.133. The van der Waals surface area contributed by atoms with Gasteiger partial charge >= 0.3 is 5.69 Å². The maximum atomic E-state index is 11.1. The van der Waals surface area contributed by atoms with E-state index in [-0.39, 0.29) is 17.0 Å². The molecular formula is C15H13N3O3. The first-order valence-electron chi connectivity index (χ1n) is 6.21. The van der Waals surface area contributed by atoms with Crippen molar-refractivity contribution in [2.75, 3.05) is 0 Å². The first kappa shape index (κ1) is 14.5. The van der Waals surface area contributed by atoms with Gasteiger partial charge in [-0.25, -0.2) is 0 Å². The topological polar surface area (TPSA) is 102 Å². The van der Waals surface area contributed by atoms with Crippen LogP contribution in [0.15, 0.2) is 36.4 Å². The van der Waals surface area contributed by atoms with Crippen molar-refractivity contribution < 1.29 is 9.66 Å². The van der Waals surface area contributed by atoms with Gasteiger partial charge in [-0.1, -0.05) is 12.1 Å². The number of nitrogens with two attached hydrogens (primary N) is 1. The van der Waals surface area contributed by atoms with Crippen LogP contribution in [0.25, 0.3) is 0 Å². The summed E-state index contributed by atoms with van der Waals surface area (Å²) in [5, 5.41) is 19.9. The van der Waals surface area contributed by atoms with Gasteiger partial charge in [0.15, 0.2) is 0 Å². The van der Waals surface area contributed by atoms with E-state index < -0.39 is 4.92 Å². The first-order chi connectivity index (χ1) is 10.0. The SMILES string of the molecule is Cc1cc(CN)ccc1Oc1ccc(C#N)cc1[N+](=O)[O-]. The van der Waals surface area contributed by atoms with Gasteiger partial charge in [0.05, 0.1) is 16.6 Å². The highest BCUT2D eigenvalue weighted by molar-refractivity contribution is 5.54. The van der Waals surface area contributed by atoms with Crippen LogP contribution in [-0.2, 0) is 6.54 Å². The number of hydrogen-bond donors (Lipinski definition) is 1. The molecule has 21 heavy (non-hydrogen) atoms. The molecule has 6 nitrogen and oxygen atoms in total. The van der Waals surface area contributed by atoms with Crippen LogP contribution in [0.3, 0.4) is 0 Å². The maximum Gasteiger partial charge on any atom is 0.312 e. The van der Waals surface area contributed by atoms with Gasteiger partial charge < -0.3 is 10.5 Å². The van der Waals surface area contributed by atoms with E-state index >= 15 is 0 Å². The van der Waals surface area contributed by atoms with Crippen LogP contribution in [0.2, 0.25) is 0 Å². The van der Waals surface area contributed by atoms with Gasteiger partial charge in [0.25, 0.3) is 0 Å². The second-order valence-electron chi connectivity index (χ2n) is 4.46. The Morgan fingerprint density at radius 3 is 2.57 bits per heavy atom. The van der Waals surface area contributed by atoms with Crippen molar-refractivity contribution in [1.29, 1.82) is 5.26 Å². The lowest BCUT2D eigenvalue weighted by molar-refractivity contribution is -0.385. The summed E-state index contributed by atoms with van der Waals surface area (Å²) in [5.41, 5.74) is 7.31. The normalized spacial score (nSPS) is 9.95. The van der Waals surface area contributed by atoms with E-state index in [4.69, 9.17) is 15.7 Å². The van der Waals surface area contributed by atoms with Crippen molar-refractivity contribution in [3.63, 3.8) is 0 Å². The standard InChI is InChI=1S/C15H13N3O3/c1-10-6-11(8-16)2-4-14(10)21-15-5-3-12(9-17)7-13(15)18(19)20/h2-7H,8,16H2,1H3. The lowest BCUT2D eigenvalue weighted by atomic mass is 10.1. The summed E-state index contributed by atoms with van der Waals surface area (Å²) in [6.07, 6.45) is 0. The molecule has 2 aromatic rings. The molecule has 0 aliphatic rings. The van der Waals surface area contributed by atoms with Crippen LogP contribution in [0.1, 0.15) is 16.7 Å². The molecule has 2 aromatic carbocycles. The van der Waals surface area contributed by atoms with Crippen LogP contribution >= 0.6 is 0 Å². The Bertz CT molecular complexity index is 735. The van der Waals surface area contributed by atoms with E-state index in [1.807, 2.05) is 19.1 Å². The van der Waals surface area contributed by atoms with Crippen molar-refractivity contribution in [3.8, 4) is 17.6 Å². The molecule has 6 heteroatoms. The molecule has 2 N–H and O–H groups in total. The summed E-state index contributed by atoms with van der Waals surface area (Å²) >= 11 is 0. The number of hydrogen-bond acceptors (Lipinski definition) is 5. The Balaban J connectivity index is 2.40. The van der Waals surface area contributed by atoms with Crippen molar-refractivity contribution in [3.05, 3.63) is 63.2 Å². The van der Waals surface area contributed by atoms with E-state index in [2.05, 4.69) is 0 Å². The average Bonchev–Trinajstić information content (AvgIpc) is 2.49. The highest BCUT2D eigenvalue weighted by Gasteiger charge is 2.17. The summed E-state index contributed by atoms with van der Waals surface area (Å²) in [6.45, 7) is 2.25. The molecule has 0 amide bonds. The Labute approximate surface area is 121 Å². The van der Waals surface area contributed by atoms with Gasteiger partial charge in [-0.05, 0) is 36.2 Å². The number of rotatable bonds is 4. The van der Waals surface area contributed by atoms with Crippen LogP contribution in [0.5, 0.6) is 11.5 Å². The fourth-order valence-electron chi connectivity index (χ4n) is 1.89. The first-order valence-corrected chi connectivity index (χ1v) is 6.21. The third kappa shape index (κ3) is 3.16. The number of nitrogens with zero attached hydrogens (tertiary/aromatic N) is 2. The lowest BCUT2D eigenvalue weighted by Gasteiger charge is -2.10. The third-order valence-electron chi connectivity index (χ3n) is 2.98. The minimum absolute atomic E-state index is 0.0996. The number of ether oxygens (including phenoxy) is 1. The second kappa shape index (κ2) is 6.03. The summed E-state index contributed by atoms with van der Waals surface area (Å²) in [6, 6.07) is 11.4. The molecule has 0 heterocycles. The zero-order chi connectivity index (χ0) is 15.4. The van der Waals surface area contributed by atoms with Gasteiger partial charge in [0, 0.05) is 12.6 Å². The predicted octanol–water partition coefficient (Wildman–Crippen LogP) is 3.03. The third-order valence-corrected chi connectivity index (χ3v) is 2.98. The van der Waals surface area contributed by atoms with Gasteiger partial charge in [-0.3, -0.25) is 10.1 Å². The molecule has 0 unspecified atom stereocenters. The molecule has 0 aliphatic carbocycles. The minimum Gasteiger partial charge on any atom is -0.450 e. The quantitative estimate of drug-likeness (QED) is 0.686. The van der Waals surface area contributed by atoms with Crippen molar-refractivity contribution in [2.45, 2.75) is 13.5 Å². The summed E-state index contributed by atoms with van der Waals surface area (Å²) in [5.74, 6) is 0.614. The minimum atomic E-state index is -0.570. The van der Waals surface area contributed by atoms with Gasteiger partial charge in [0.2, 0.25) is 5.75 Å². The number of nitro benzene ring substituents is 1. The zero-order valence-corrected chi connectivity index (χ0v) is 11.4. The van der Waals surface area contributed by atoms with Gasteiger partial charge in [-0.2, -0.15) is 5.26 Å². The Morgan fingerprint density at radius 2 is 2.00 bits per heavy atom. The molecular weight excluding hydrogens is 270 g/mol. The predicted molar refractivity (Wildman–Crippen MR) is 77.0 cm³/mol. The number of benzene rings is 2. The van der Waals surface area contributed by atoms with Crippen LogP contribution in [0.4, 0.5) is 5.69 Å². The Morgan fingerprint density at radius 1 is 1.29 bits per heavy atom. The smallest absolute Gasteiger partial charge is 0.312 e.